The first-order valence-corrected chi connectivity index (χ1v) is 7.64. The summed E-state index contributed by atoms with van der Waals surface area (Å²) in [6.45, 7) is 11.4. The van der Waals surface area contributed by atoms with Gasteiger partial charge >= 0.3 is 0 Å². The maximum absolute atomic E-state index is 5.81. The van der Waals surface area contributed by atoms with Crippen molar-refractivity contribution < 1.29 is 4.74 Å². The number of hydrogen-bond acceptors (Lipinski definition) is 7. The number of nitrogens with one attached hydrogen (secondary N) is 1. The molecule has 1 fully saturated rings. The highest BCUT2D eigenvalue weighted by atomic mass is 16.5. The van der Waals surface area contributed by atoms with E-state index in [0.29, 0.717) is 5.65 Å². The van der Waals surface area contributed by atoms with Crippen molar-refractivity contribution in [3.63, 3.8) is 0 Å². The topological polar surface area (TPSA) is 80.5 Å². The van der Waals surface area contributed by atoms with Gasteiger partial charge in [0, 0.05) is 25.2 Å². The largest absolute Gasteiger partial charge is 0.373 e. The molecule has 2 aromatic rings. The lowest BCUT2D eigenvalue weighted by Gasteiger charge is -2.45. The minimum absolute atomic E-state index is 0.00353. The van der Waals surface area contributed by atoms with E-state index < -0.39 is 0 Å². The smallest absolute Gasteiger partial charge is 0.200 e. The molecule has 2 atom stereocenters. The van der Waals surface area contributed by atoms with Crippen LogP contribution in [0.25, 0.3) is 5.65 Å². The van der Waals surface area contributed by atoms with E-state index >= 15 is 0 Å². The quantitative estimate of drug-likeness (QED) is 0.895. The molecular formula is C14H23N7O. The standard InChI is InChI=1S/C14H23N7O/c1-10-7-20(8-11(2)22-10)14(3,4)9-15-12-5-6-13-16-18-19-21(13)17-12/h5-6,10-11H,7-9H2,1-4H3,(H,15,17)/t10-,11-/m0/s1. The first-order valence-electron chi connectivity index (χ1n) is 7.64. The highest BCUT2D eigenvalue weighted by Crippen LogP contribution is 2.21. The van der Waals surface area contributed by atoms with E-state index in [2.05, 4.69) is 58.5 Å². The van der Waals surface area contributed by atoms with Crippen molar-refractivity contribution in [3.8, 4) is 0 Å². The fourth-order valence-corrected chi connectivity index (χ4v) is 2.83. The van der Waals surface area contributed by atoms with Crippen molar-refractivity contribution in [2.45, 2.75) is 45.4 Å². The van der Waals surface area contributed by atoms with E-state index in [1.807, 2.05) is 12.1 Å². The van der Waals surface area contributed by atoms with Crippen LogP contribution < -0.4 is 5.32 Å². The summed E-state index contributed by atoms with van der Waals surface area (Å²) in [5.41, 5.74) is 0.643. The van der Waals surface area contributed by atoms with Gasteiger partial charge in [-0.3, -0.25) is 4.90 Å². The Labute approximate surface area is 129 Å². The number of hydrogen-bond donors (Lipinski definition) is 1. The summed E-state index contributed by atoms with van der Waals surface area (Å²) in [7, 11) is 0. The molecule has 3 rings (SSSR count). The van der Waals surface area contributed by atoms with Crippen LogP contribution in [0.2, 0.25) is 0 Å². The summed E-state index contributed by atoms with van der Waals surface area (Å²) in [6.07, 6.45) is 0.525. The molecule has 0 bridgehead atoms. The van der Waals surface area contributed by atoms with Crippen LogP contribution in [-0.2, 0) is 4.74 Å². The second-order valence-electron chi connectivity index (χ2n) is 6.57. The number of tetrazole rings is 1. The normalized spacial score (nSPS) is 23.8. The molecule has 120 valence electrons. The molecule has 0 amide bonds. The van der Waals surface area contributed by atoms with Gasteiger partial charge in [0.2, 0.25) is 0 Å². The zero-order valence-corrected chi connectivity index (χ0v) is 13.5. The fraction of sp³-hybridized carbons (Fsp3) is 0.714. The lowest BCUT2D eigenvalue weighted by atomic mass is 10.00. The van der Waals surface area contributed by atoms with Gasteiger partial charge in [0.1, 0.15) is 5.82 Å². The summed E-state index contributed by atoms with van der Waals surface area (Å²) < 4.78 is 7.24. The van der Waals surface area contributed by atoms with Gasteiger partial charge in [-0.1, -0.05) is 0 Å². The number of anilines is 1. The molecule has 1 N–H and O–H groups in total. The highest BCUT2D eigenvalue weighted by molar-refractivity contribution is 5.42. The van der Waals surface area contributed by atoms with Crippen molar-refractivity contribution in [2.24, 2.45) is 0 Å². The molecule has 1 aliphatic heterocycles. The maximum atomic E-state index is 5.81. The number of nitrogens with zero attached hydrogens (tertiary/aromatic N) is 6. The Bertz CT molecular complexity index is 631. The van der Waals surface area contributed by atoms with Crippen LogP contribution in [0.3, 0.4) is 0 Å². The van der Waals surface area contributed by atoms with Crippen LogP contribution in [-0.4, -0.2) is 67.5 Å². The zero-order valence-electron chi connectivity index (χ0n) is 13.5. The highest BCUT2D eigenvalue weighted by Gasteiger charge is 2.33. The molecule has 0 spiro atoms. The molecule has 8 heteroatoms. The Balaban J connectivity index is 1.65. The van der Waals surface area contributed by atoms with Crippen LogP contribution in [0.4, 0.5) is 5.82 Å². The average molecular weight is 305 g/mol. The predicted octanol–water partition coefficient (Wildman–Crippen LogP) is 0.819. The van der Waals surface area contributed by atoms with Crippen molar-refractivity contribution in [3.05, 3.63) is 12.1 Å². The number of aromatic nitrogens is 5. The third kappa shape index (κ3) is 3.17. The molecular weight excluding hydrogens is 282 g/mol. The van der Waals surface area contributed by atoms with E-state index in [-0.39, 0.29) is 17.7 Å². The van der Waals surface area contributed by atoms with Gasteiger partial charge in [0.25, 0.3) is 0 Å². The number of fused-ring (bicyclic) bond motifs is 1. The van der Waals surface area contributed by atoms with Gasteiger partial charge in [0.15, 0.2) is 5.65 Å². The van der Waals surface area contributed by atoms with Crippen LogP contribution >= 0.6 is 0 Å². The minimum Gasteiger partial charge on any atom is -0.373 e. The lowest BCUT2D eigenvalue weighted by Crippen LogP contribution is -2.57. The van der Waals surface area contributed by atoms with E-state index in [0.717, 1.165) is 25.5 Å². The monoisotopic (exact) mass is 305 g/mol. The summed E-state index contributed by atoms with van der Waals surface area (Å²) in [4.78, 5) is 2.47. The van der Waals surface area contributed by atoms with E-state index in [4.69, 9.17) is 4.74 Å². The van der Waals surface area contributed by atoms with Crippen LogP contribution in [0.1, 0.15) is 27.7 Å². The van der Waals surface area contributed by atoms with Crippen molar-refractivity contribution in [1.29, 1.82) is 0 Å². The number of ether oxygens (including phenoxy) is 1. The van der Waals surface area contributed by atoms with E-state index in [9.17, 15) is 0 Å². The van der Waals surface area contributed by atoms with Gasteiger partial charge < -0.3 is 10.1 Å². The second kappa shape index (κ2) is 5.77. The first kappa shape index (κ1) is 15.1. The first-order chi connectivity index (χ1) is 10.4. The Hall–Kier alpha value is -1.80. The molecule has 1 aliphatic rings. The van der Waals surface area contributed by atoms with Gasteiger partial charge in [0.05, 0.1) is 12.2 Å². The van der Waals surface area contributed by atoms with Crippen molar-refractivity contribution in [2.75, 3.05) is 25.0 Å². The molecule has 0 unspecified atom stereocenters. The summed E-state index contributed by atoms with van der Waals surface area (Å²) >= 11 is 0. The Kier molecular flexibility index (Phi) is 3.96. The number of morpholine rings is 1. The van der Waals surface area contributed by atoms with E-state index in [1.165, 1.54) is 4.63 Å². The van der Waals surface area contributed by atoms with E-state index in [1.54, 1.807) is 0 Å². The molecule has 8 nitrogen and oxygen atoms in total. The molecule has 0 aliphatic carbocycles. The summed E-state index contributed by atoms with van der Waals surface area (Å²) in [6, 6.07) is 3.74. The van der Waals surface area contributed by atoms with Gasteiger partial charge in [-0.25, -0.2) is 0 Å². The predicted molar refractivity (Wildman–Crippen MR) is 82.7 cm³/mol. The minimum atomic E-state index is 0.00353. The van der Waals surface area contributed by atoms with Gasteiger partial charge in [-0.05, 0) is 50.3 Å². The Morgan fingerprint density at radius 3 is 2.73 bits per heavy atom. The van der Waals surface area contributed by atoms with Gasteiger partial charge in [-0.2, -0.15) is 0 Å². The SMILES string of the molecule is C[C@H]1CN(C(C)(C)CNc2ccc3nnnn3n2)C[C@H](C)O1. The fourth-order valence-electron chi connectivity index (χ4n) is 2.83. The van der Waals surface area contributed by atoms with Crippen molar-refractivity contribution >= 4 is 11.5 Å². The maximum Gasteiger partial charge on any atom is 0.200 e. The number of rotatable bonds is 4. The Morgan fingerprint density at radius 2 is 2.00 bits per heavy atom. The molecule has 1 saturated heterocycles. The van der Waals surface area contributed by atoms with Crippen LogP contribution in [0.5, 0.6) is 0 Å². The molecule has 0 radical (unpaired) electrons. The molecule has 2 aromatic heterocycles. The summed E-state index contributed by atoms with van der Waals surface area (Å²) in [5.74, 6) is 0.766. The lowest BCUT2D eigenvalue weighted by molar-refractivity contribution is -0.0933. The van der Waals surface area contributed by atoms with Gasteiger partial charge in [-0.15, -0.1) is 14.8 Å². The van der Waals surface area contributed by atoms with Crippen molar-refractivity contribution in [1.82, 2.24) is 30.2 Å². The summed E-state index contributed by atoms with van der Waals surface area (Å²) in [5, 5.41) is 19.0. The average Bonchev–Trinajstić information content (AvgIpc) is 2.91. The zero-order chi connectivity index (χ0) is 15.7. The molecule has 3 heterocycles. The van der Waals surface area contributed by atoms with Crippen LogP contribution in [0.15, 0.2) is 12.1 Å². The third-order valence-corrected chi connectivity index (χ3v) is 4.05. The molecule has 22 heavy (non-hydrogen) atoms. The molecule has 0 saturated carbocycles. The molecule has 0 aromatic carbocycles. The third-order valence-electron chi connectivity index (χ3n) is 4.05. The van der Waals surface area contributed by atoms with Crippen LogP contribution in [0, 0.1) is 0 Å². The Morgan fingerprint density at radius 1 is 1.27 bits per heavy atom. The second-order valence-corrected chi connectivity index (χ2v) is 6.57.